The molecular formula is C9H17NO2S. The van der Waals surface area contributed by atoms with Crippen molar-refractivity contribution >= 4 is 17.7 Å². The number of ether oxygens (including phenoxy) is 1. The zero-order valence-corrected chi connectivity index (χ0v) is 9.02. The molecule has 0 amide bonds. The van der Waals surface area contributed by atoms with E-state index in [-0.39, 0.29) is 5.97 Å². The highest BCUT2D eigenvalue weighted by molar-refractivity contribution is 7.99. The van der Waals surface area contributed by atoms with Crippen molar-refractivity contribution in [3.05, 3.63) is 12.2 Å². The second-order valence-electron chi connectivity index (χ2n) is 2.75. The van der Waals surface area contributed by atoms with Gasteiger partial charge in [0, 0.05) is 11.5 Å². The SMILES string of the molecule is C=C(CC)CSCC(N)C(=O)OC. The maximum absolute atomic E-state index is 10.9. The Labute approximate surface area is 83.7 Å². The number of carbonyl (C=O) groups excluding carboxylic acids is 1. The standard InChI is InChI=1S/C9H17NO2S/c1-4-7(2)5-13-6-8(10)9(11)12-3/h8H,2,4-6,10H2,1,3H3. The quantitative estimate of drug-likeness (QED) is 0.520. The van der Waals surface area contributed by atoms with Crippen molar-refractivity contribution in [3.8, 4) is 0 Å². The van der Waals surface area contributed by atoms with Gasteiger partial charge in [-0.25, -0.2) is 0 Å². The molecule has 0 aromatic carbocycles. The highest BCUT2D eigenvalue weighted by atomic mass is 32.2. The lowest BCUT2D eigenvalue weighted by atomic mass is 10.3. The lowest BCUT2D eigenvalue weighted by Gasteiger charge is -2.08. The molecule has 0 aromatic rings. The minimum absolute atomic E-state index is 0.352. The Morgan fingerprint density at radius 3 is 2.77 bits per heavy atom. The number of carbonyl (C=O) groups is 1. The van der Waals surface area contributed by atoms with Crippen molar-refractivity contribution in [1.82, 2.24) is 0 Å². The Morgan fingerprint density at radius 1 is 1.69 bits per heavy atom. The first kappa shape index (κ1) is 12.5. The van der Waals surface area contributed by atoms with E-state index in [2.05, 4.69) is 18.2 Å². The van der Waals surface area contributed by atoms with Gasteiger partial charge in [0.05, 0.1) is 7.11 Å². The topological polar surface area (TPSA) is 52.3 Å². The van der Waals surface area contributed by atoms with Crippen LogP contribution in [0.4, 0.5) is 0 Å². The summed E-state index contributed by atoms with van der Waals surface area (Å²) in [7, 11) is 1.35. The molecule has 13 heavy (non-hydrogen) atoms. The first-order valence-electron chi connectivity index (χ1n) is 4.19. The van der Waals surface area contributed by atoms with Crippen molar-refractivity contribution < 1.29 is 9.53 Å². The summed E-state index contributed by atoms with van der Waals surface area (Å²) in [6, 6.07) is -0.514. The number of hydrogen-bond donors (Lipinski definition) is 1. The van der Waals surface area contributed by atoms with E-state index in [9.17, 15) is 4.79 Å². The van der Waals surface area contributed by atoms with E-state index in [0.29, 0.717) is 5.75 Å². The van der Waals surface area contributed by atoms with Crippen molar-refractivity contribution in [2.45, 2.75) is 19.4 Å². The highest BCUT2D eigenvalue weighted by Crippen LogP contribution is 2.09. The van der Waals surface area contributed by atoms with Crippen LogP contribution in [0.3, 0.4) is 0 Å². The lowest BCUT2D eigenvalue weighted by Crippen LogP contribution is -2.33. The summed E-state index contributed by atoms with van der Waals surface area (Å²) >= 11 is 1.61. The van der Waals surface area contributed by atoms with Crippen LogP contribution in [0.25, 0.3) is 0 Å². The van der Waals surface area contributed by atoms with Gasteiger partial charge in [-0.1, -0.05) is 19.1 Å². The molecule has 0 spiro atoms. The fourth-order valence-electron chi connectivity index (χ4n) is 0.652. The Bertz CT molecular complexity index is 182. The molecule has 0 aromatic heterocycles. The molecular weight excluding hydrogens is 186 g/mol. The molecule has 3 nitrogen and oxygen atoms in total. The van der Waals surface area contributed by atoms with Crippen molar-refractivity contribution in [1.29, 1.82) is 0 Å². The molecule has 2 N–H and O–H groups in total. The molecule has 0 heterocycles. The van der Waals surface area contributed by atoms with Crippen LogP contribution in [-0.2, 0) is 9.53 Å². The maximum Gasteiger partial charge on any atom is 0.323 e. The van der Waals surface area contributed by atoms with E-state index in [0.717, 1.165) is 12.2 Å². The largest absolute Gasteiger partial charge is 0.468 e. The van der Waals surface area contributed by atoms with Crippen LogP contribution >= 0.6 is 11.8 Å². The van der Waals surface area contributed by atoms with Gasteiger partial charge in [0.2, 0.25) is 0 Å². The molecule has 0 radical (unpaired) electrons. The Morgan fingerprint density at radius 2 is 2.31 bits per heavy atom. The van der Waals surface area contributed by atoms with Gasteiger partial charge in [0.25, 0.3) is 0 Å². The van der Waals surface area contributed by atoms with E-state index in [4.69, 9.17) is 5.73 Å². The fraction of sp³-hybridized carbons (Fsp3) is 0.667. The molecule has 0 aliphatic heterocycles. The third kappa shape index (κ3) is 5.71. The summed E-state index contributed by atoms with van der Waals surface area (Å²) in [5.41, 5.74) is 6.70. The summed E-state index contributed by atoms with van der Waals surface area (Å²) in [6.07, 6.45) is 0.973. The zero-order valence-electron chi connectivity index (χ0n) is 8.21. The summed E-state index contributed by atoms with van der Waals surface area (Å²) in [4.78, 5) is 10.9. The molecule has 1 atom stereocenters. The number of rotatable bonds is 6. The average Bonchev–Trinajstić information content (AvgIpc) is 2.15. The van der Waals surface area contributed by atoms with Gasteiger partial charge in [0.15, 0.2) is 0 Å². The Hall–Kier alpha value is -0.480. The first-order valence-corrected chi connectivity index (χ1v) is 5.35. The number of esters is 1. The van der Waals surface area contributed by atoms with Gasteiger partial charge in [-0.2, -0.15) is 11.8 Å². The van der Waals surface area contributed by atoms with Crippen LogP contribution in [0.5, 0.6) is 0 Å². The Balaban J connectivity index is 3.53. The van der Waals surface area contributed by atoms with Gasteiger partial charge in [-0.05, 0) is 6.42 Å². The second-order valence-corrected chi connectivity index (χ2v) is 3.78. The van der Waals surface area contributed by atoms with Gasteiger partial charge < -0.3 is 10.5 Å². The Kier molecular flexibility index (Phi) is 6.72. The molecule has 4 heteroatoms. The fourth-order valence-corrected chi connectivity index (χ4v) is 1.65. The number of nitrogens with two attached hydrogens (primary N) is 1. The summed E-state index contributed by atoms with van der Waals surface area (Å²) in [5.74, 6) is 1.10. The van der Waals surface area contributed by atoms with Crippen LogP contribution in [0, 0.1) is 0 Å². The van der Waals surface area contributed by atoms with E-state index in [1.165, 1.54) is 12.7 Å². The van der Waals surface area contributed by atoms with Gasteiger partial charge in [-0.15, -0.1) is 0 Å². The number of thioether (sulfide) groups is 1. The van der Waals surface area contributed by atoms with Crippen molar-refractivity contribution in [3.63, 3.8) is 0 Å². The molecule has 0 saturated carbocycles. The van der Waals surface area contributed by atoms with Crippen LogP contribution in [0.15, 0.2) is 12.2 Å². The van der Waals surface area contributed by atoms with Crippen molar-refractivity contribution in [2.24, 2.45) is 5.73 Å². The molecule has 0 fully saturated rings. The van der Waals surface area contributed by atoms with Crippen LogP contribution in [0.1, 0.15) is 13.3 Å². The lowest BCUT2D eigenvalue weighted by molar-refractivity contribution is -0.141. The van der Waals surface area contributed by atoms with Crippen LogP contribution in [-0.4, -0.2) is 30.6 Å². The molecule has 0 saturated heterocycles. The highest BCUT2D eigenvalue weighted by Gasteiger charge is 2.12. The summed E-state index contributed by atoms with van der Waals surface area (Å²) in [6.45, 7) is 5.92. The van der Waals surface area contributed by atoms with Gasteiger partial charge >= 0.3 is 5.97 Å². The minimum atomic E-state index is -0.514. The van der Waals surface area contributed by atoms with E-state index in [1.807, 2.05) is 0 Å². The van der Waals surface area contributed by atoms with Gasteiger partial charge in [0.1, 0.15) is 6.04 Å². The average molecular weight is 203 g/mol. The number of hydrogen-bond acceptors (Lipinski definition) is 4. The third-order valence-electron chi connectivity index (χ3n) is 1.61. The third-order valence-corrected chi connectivity index (χ3v) is 2.81. The summed E-state index contributed by atoms with van der Waals surface area (Å²) < 4.78 is 4.50. The predicted octanol–water partition coefficient (Wildman–Crippen LogP) is 1.19. The molecule has 0 rings (SSSR count). The predicted molar refractivity (Wildman–Crippen MR) is 56.7 cm³/mol. The normalized spacial score (nSPS) is 12.2. The smallest absolute Gasteiger partial charge is 0.323 e. The minimum Gasteiger partial charge on any atom is -0.468 e. The van der Waals surface area contributed by atoms with Gasteiger partial charge in [-0.3, -0.25) is 4.79 Å². The summed E-state index contributed by atoms with van der Waals surface area (Å²) in [5, 5.41) is 0. The molecule has 0 bridgehead atoms. The molecule has 0 aliphatic carbocycles. The van der Waals surface area contributed by atoms with E-state index >= 15 is 0 Å². The molecule has 1 unspecified atom stereocenters. The first-order chi connectivity index (χ1) is 6.11. The van der Waals surface area contributed by atoms with Crippen LogP contribution < -0.4 is 5.73 Å². The monoisotopic (exact) mass is 203 g/mol. The molecule has 0 aliphatic rings. The van der Waals surface area contributed by atoms with Crippen molar-refractivity contribution in [2.75, 3.05) is 18.6 Å². The number of methoxy groups -OCH3 is 1. The van der Waals surface area contributed by atoms with E-state index in [1.54, 1.807) is 11.8 Å². The van der Waals surface area contributed by atoms with E-state index < -0.39 is 6.04 Å². The molecule has 76 valence electrons. The second kappa shape index (κ2) is 6.97. The van der Waals surface area contributed by atoms with Crippen LogP contribution in [0.2, 0.25) is 0 Å². The maximum atomic E-state index is 10.9. The zero-order chi connectivity index (χ0) is 10.3.